The number of hydrogen-bond acceptors (Lipinski definition) is 4. The van der Waals surface area contributed by atoms with Crippen molar-refractivity contribution in [2.24, 2.45) is 0 Å². The molecule has 1 aliphatic heterocycles. The molecule has 0 atom stereocenters. The van der Waals surface area contributed by atoms with Crippen molar-refractivity contribution in [3.8, 4) is 11.8 Å². The predicted molar refractivity (Wildman–Crippen MR) is 77.6 cm³/mol. The van der Waals surface area contributed by atoms with E-state index in [1.165, 1.54) is 12.3 Å². The Kier molecular flexibility index (Phi) is 3.46. The average molecular weight is 281 g/mol. The highest BCUT2D eigenvalue weighted by atomic mass is 16.3. The van der Waals surface area contributed by atoms with Crippen LogP contribution in [0.2, 0.25) is 0 Å². The number of benzene rings is 1. The van der Waals surface area contributed by atoms with Crippen LogP contribution in [0.1, 0.15) is 16.8 Å². The van der Waals surface area contributed by atoms with Gasteiger partial charge in [0.05, 0.1) is 17.8 Å². The van der Waals surface area contributed by atoms with Gasteiger partial charge in [0, 0.05) is 37.9 Å². The molecule has 0 bridgehead atoms. The predicted octanol–water partition coefficient (Wildman–Crippen LogP) is 1.44. The lowest BCUT2D eigenvalue weighted by atomic mass is 10.1. The number of nitriles is 1. The van der Waals surface area contributed by atoms with Crippen LogP contribution >= 0.6 is 0 Å². The maximum Gasteiger partial charge on any atom is 0.223 e. The van der Waals surface area contributed by atoms with E-state index in [1.54, 1.807) is 0 Å². The molecule has 0 saturated carbocycles. The van der Waals surface area contributed by atoms with Crippen LogP contribution in [0.15, 0.2) is 41.3 Å². The summed E-state index contributed by atoms with van der Waals surface area (Å²) in [6, 6.07) is 11.2. The van der Waals surface area contributed by atoms with E-state index >= 15 is 0 Å². The molecule has 0 spiro atoms. The summed E-state index contributed by atoms with van der Waals surface area (Å²) in [6.45, 7) is 2.85. The Morgan fingerprint density at radius 2 is 2.10 bits per heavy atom. The van der Waals surface area contributed by atoms with Gasteiger partial charge in [0.1, 0.15) is 0 Å². The van der Waals surface area contributed by atoms with Crippen LogP contribution in [-0.4, -0.2) is 21.1 Å². The maximum absolute atomic E-state index is 11.5. The zero-order chi connectivity index (χ0) is 14.8. The zero-order valence-corrected chi connectivity index (χ0v) is 11.5. The second kappa shape index (κ2) is 5.43. The molecule has 1 aromatic heterocycles. The summed E-state index contributed by atoms with van der Waals surface area (Å²) in [7, 11) is 0. The second-order valence-electron chi connectivity index (χ2n) is 5.19. The van der Waals surface area contributed by atoms with E-state index in [2.05, 4.69) is 11.0 Å². The Morgan fingerprint density at radius 3 is 2.90 bits per heavy atom. The first-order valence-corrected chi connectivity index (χ1v) is 6.80. The van der Waals surface area contributed by atoms with Crippen LogP contribution in [0.4, 0.5) is 0 Å². The molecule has 0 radical (unpaired) electrons. The van der Waals surface area contributed by atoms with Gasteiger partial charge in [-0.3, -0.25) is 9.69 Å². The number of pyridine rings is 1. The number of aromatic nitrogens is 1. The molecule has 1 aliphatic rings. The highest BCUT2D eigenvalue weighted by Crippen LogP contribution is 2.17. The van der Waals surface area contributed by atoms with Crippen LogP contribution in [0, 0.1) is 11.3 Å². The highest BCUT2D eigenvalue weighted by Gasteiger charge is 2.17. The van der Waals surface area contributed by atoms with Gasteiger partial charge in [0.15, 0.2) is 5.75 Å². The van der Waals surface area contributed by atoms with Gasteiger partial charge in [-0.25, -0.2) is 0 Å². The summed E-state index contributed by atoms with van der Waals surface area (Å²) in [5.74, 6) is -0.206. The largest absolute Gasteiger partial charge is 0.503 e. The van der Waals surface area contributed by atoms with Crippen molar-refractivity contribution in [1.29, 1.82) is 5.26 Å². The van der Waals surface area contributed by atoms with E-state index in [0.29, 0.717) is 18.7 Å². The number of rotatable bonds is 2. The van der Waals surface area contributed by atoms with Crippen LogP contribution in [-0.2, 0) is 19.6 Å². The first-order valence-electron chi connectivity index (χ1n) is 6.80. The molecule has 106 valence electrons. The zero-order valence-electron chi connectivity index (χ0n) is 11.5. The molecule has 2 aromatic rings. The molecule has 1 N–H and O–H groups in total. The SMILES string of the molecule is N#Cc1ccccc1CN1CCn2cc(O)c(=O)cc2C1. The smallest absolute Gasteiger partial charge is 0.223 e. The van der Waals surface area contributed by atoms with Crippen molar-refractivity contribution in [2.75, 3.05) is 6.54 Å². The Hall–Kier alpha value is -2.58. The number of aromatic hydroxyl groups is 1. The van der Waals surface area contributed by atoms with Gasteiger partial charge < -0.3 is 9.67 Å². The minimum absolute atomic E-state index is 0.206. The van der Waals surface area contributed by atoms with E-state index in [9.17, 15) is 9.90 Å². The average Bonchev–Trinajstić information content (AvgIpc) is 2.49. The molecule has 21 heavy (non-hydrogen) atoms. The van der Waals surface area contributed by atoms with Crippen molar-refractivity contribution >= 4 is 0 Å². The summed E-state index contributed by atoms with van der Waals surface area (Å²) < 4.78 is 1.91. The summed E-state index contributed by atoms with van der Waals surface area (Å²) in [6.07, 6.45) is 1.50. The number of nitrogens with zero attached hydrogens (tertiary/aromatic N) is 3. The number of hydrogen-bond donors (Lipinski definition) is 1. The van der Waals surface area contributed by atoms with Gasteiger partial charge in [-0.05, 0) is 11.6 Å². The van der Waals surface area contributed by atoms with Crippen molar-refractivity contribution < 1.29 is 5.11 Å². The van der Waals surface area contributed by atoms with Crippen molar-refractivity contribution in [1.82, 2.24) is 9.47 Å². The van der Waals surface area contributed by atoms with E-state index < -0.39 is 0 Å². The molecular formula is C16H15N3O2. The fourth-order valence-corrected chi connectivity index (χ4v) is 2.65. The molecule has 2 heterocycles. The van der Waals surface area contributed by atoms with Crippen LogP contribution < -0.4 is 5.43 Å². The summed E-state index contributed by atoms with van der Waals surface area (Å²) in [5, 5.41) is 18.6. The molecule has 5 nitrogen and oxygen atoms in total. The summed E-state index contributed by atoms with van der Waals surface area (Å²) in [5.41, 5.74) is 2.22. The van der Waals surface area contributed by atoms with Crippen LogP contribution in [0.5, 0.6) is 5.75 Å². The summed E-state index contributed by atoms with van der Waals surface area (Å²) in [4.78, 5) is 13.7. The van der Waals surface area contributed by atoms with Crippen LogP contribution in [0.25, 0.3) is 0 Å². The van der Waals surface area contributed by atoms with E-state index in [1.807, 2.05) is 28.8 Å². The van der Waals surface area contributed by atoms with E-state index in [0.717, 1.165) is 24.3 Å². The quantitative estimate of drug-likeness (QED) is 0.904. The first kappa shape index (κ1) is 13.4. The molecule has 5 heteroatoms. The lowest BCUT2D eigenvalue weighted by Crippen LogP contribution is -2.34. The van der Waals surface area contributed by atoms with Gasteiger partial charge in [-0.2, -0.15) is 5.26 Å². The third-order valence-corrected chi connectivity index (χ3v) is 3.77. The molecule has 0 fully saturated rings. The van der Waals surface area contributed by atoms with E-state index in [4.69, 9.17) is 5.26 Å². The number of fused-ring (bicyclic) bond motifs is 1. The lowest BCUT2D eigenvalue weighted by molar-refractivity contribution is 0.210. The fraction of sp³-hybridized carbons (Fsp3) is 0.250. The molecule has 3 rings (SSSR count). The normalized spacial score (nSPS) is 14.4. The molecule has 0 saturated heterocycles. The Morgan fingerprint density at radius 1 is 1.29 bits per heavy atom. The molecular weight excluding hydrogens is 266 g/mol. The second-order valence-corrected chi connectivity index (χ2v) is 5.19. The Labute approximate surface area is 122 Å². The standard InChI is InChI=1S/C16H15N3O2/c17-8-12-3-1-2-4-13(12)9-18-5-6-19-11-16(21)15(20)7-14(19)10-18/h1-4,7,11,21H,5-6,9-10H2. The van der Waals surface area contributed by atoms with Gasteiger partial charge in [0.25, 0.3) is 0 Å². The van der Waals surface area contributed by atoms with Crippen molar-refractivity contribution in [3.05, 3.63) is 63.6 Å². The Balaban J connectivity index is 1.82. The first-order chi connectivity index (χ1) is 10.2. The molecule has 0 amide bonds. The van der Waals surface area contributed by atoms with Crippen LogP contribution in [0.3, 0.4) is 0 Å². The van der Waals surface area contributed by atoms with Gasteiger partial charge in [-0.1, -0.05) is 18.2 Å². The minimum atomic E-state index is -0.347. The highest BCUT2D eigenvalue weighted by molar-refractivity contribution is 5.37. The topological polar surface area (TPSA) is 69.3 Å². The Bertz CT molecular complexity index is 774. The molecule has 1 aromatic carbocycles. The van der Waals surface area contributed by atoms with Gasteiger partial charge in [-0.15, -0.1) is 0 Å². The molecule has 0 aliphatic carbocycles. The maximum atomic E-state index is 11.5. The third-order valence-electron chi connectivity index (χ3n) is 3.77. The lowest BCUT2D eigenvalue weighted by Gasteiger charge is -2.30. The van der Waals surface area contributed by atoms with Gasteiger partial charge in [0.2, 0.25) is 5.43 Å². The van der Waals surface area contributed by atoms with Crippen molar-refractivity contribution in [3.63, 3.8) is 0 Å². The van der Waals surface area contributed by atoms with E-state index in [-0.39, 0.29) is 11.2 Å². The monoisotopic (exact) mass is 281 g/mol. The third kappa shape index (κ3) is 2.67. The fourth-order valence-electron chi connectivity index (χ4n) is 2.65. The van der Waals surface area contributed by atoms with Crippen molar-refractivity contribution in [2.45, 2.75) is 19.6 Å². The minimum Gasteiger partial charge on any atom is -0.503 e. The summed E-state index contributed by atoms with van der Waals surface area (Å²) >= 11 is 0. The molecule has 0 unspecified atom stereocenters. The van der Waals surface area contributed by atoms with Gasteiger partial charge >= 0.3 is 0 Å².